The molecule has 0 saturated heterocycles. The van der Waals surface area contributed by atoms with Crippen LogP contribution in [0, 0.1) is 28.6 Å². The summed E-state index contributed by atoms with van der Waals surface area (Å²) >= 11 is 0. The summed E-state index contributed by atoms with van der Waals surface area (Å²) in [4.78, 5) is 24.9. The van der Waals surface area contributed by atoms with Gasteiger partial charge >= 0.3 is 5.97 Å². The maximum atomic E-state index is 12.8. The van der Waals surface area contributed by atoms with Gasteiger partial charge in [0.15, 0.2) is 5.78 Å². The summed E-state index contributed by atoms with van der Waals surface area (Å²) in [5.41, 5.74) is 2.45. The Morgan fingerprint density at radius 3 is 2.49 bits per heavy atom. The number of aryl methyl sites for hydroxylation is 1. The molecule has 0 aliphatic heterocycles. The van der Waals surface area contributed by atoms with Crippen molar-refractivity contribution in [3.05, 3.63) is 41.5 Å². The summed E-state index contributed by atoms with van der Waals surface area (Å²) in [6.45, 7) is 4.73. The van der Waals surface area contributed by atoms with Crippen molar-refractivity contribution in [2.24, 2.45) is 33.7 Å². The van der Waals surface area contributed by atoms with Crippen molar-refractivity contribution in [1.82, 2.24) is 0 Å². The largest absolute Gasteiger partial charge is 0.462 e. The molecule has 3 saturated carbocycles. The van der Waals surface area contributed by atoms with Crippen LogP contribution in [-0.2, 0) is 30.8 Å². The summed E-state index contributed by atoms with van der Waals surface area (Å²) < 4.78 is 28.9. The average molecular weight is 500 g/mol. The fourth-order valence-electron chi connectivity index (χ4n) is 8.01. The van der Waals surface area contributed by atoms with Gasteiger partial charge in [0.25, 0.3) is 0 Å². The smallest absolute Gasteiger partial charge is 0.306 e. The molecule has 5 rings (SSSR count). The third-order valence-corrected chi connectivity index (χ3v) is 10.9. The van der Waals surface area contributed by atoms with E-state index in [4.69, 9.17) is 9.88 Å². The molecule has 0 aromatic heterocycles. The Morgan fingerprint density at radius 1 is 1.03 bits per heavy atom. The number of hydrogen-bond acceptors (Lipinski definition) is 5. The molecule has 0 spiro atoms. The van der Waals surface area contributed by atoms with Crippen LogP contribution in [0.1, 0.15) is 77.2 Å². The lowest BCUT2D eigenvalue weighted by Crippen LogP contribution is -2.51. The number of ether oxygens (including phenoxy) is 1. The Bertz CT molecular complexity index is 1160. The zero-order valence-electron chi connectivity index (χ0n) is 20.8. The first-order valence-electron chi connectivity index (χ1n) is 13.1. The maximum Gasteiger partial charge on any atom is 0.306 e. The van der Waals surface area contributed by atoms with Crippen LogP contribution >= 0.6 is 0 Å². The molecular formula is C28H37NO5S. The van der Waals surface area contributed by atoms with E-state index >= 15 is 0 Å². The van der Waals surface area contributed by atoms with E-state index in [1.165, 1.54) is 17.7 Å². The standard InChI is InChI=1S/C28H37NO5S/c1-27-15-13-20(30)17-19(27)6-9-22-23-10-11-25(28(23,2)16-14-24(22)27)34-26(31)12-5-18-3-7-21(8-4-18)35(29,32)33/h3-4,7-8,17,22-25H,5-6,9-16H2,1-2H3,(H2,29,32,33)/t22?,23?,24?,25-,27-,28-/m0/s1. The van der Waals surface area contributed by atoms with Gasteiger partial charge in [-0.15, -0.1) is 0 Å². The number of ketones is 1. The van der Waals surface area contributed by atoms with Crippen molar-refractivity contribution in [2.75, 3.05) is 0 Å². The molecule has 3 fully saturated rings. The van der Waals surface area contributed by atoms with Crippen LogP contribution in [0.2, 0.25) is 0 Å². The Kier molecular flexibility index (Phi) is 6.24. The van der Waals surface area contributed by atoms with Gasteiger partial charge in [-0.05, 0) is 98.3 Å². The van der Waals surface area contributed by atoms with E-state index < -0.39 is 10.0 Å². The highest BCUT2D eigenvalue weighted by Crippen LogP contribution is 2.65. The third kappa shape index (κ3) is 4.39. The lowest BCUT2D eigenvalue weighted by molar-refractivity contribution is -0.159. The minimum Gasteiger partial charge on any atom is -0.462 e. The van der Waals surface area contributed by atoms with E-state index in [9.17, 15) is 18.0 Å². The van der Waals surface area contributed by atoms with Gasteiger partial charge in [0, 0.05) is 18.3 Å². The molecule has 1 aromatic rings. The number of benzene rings is 1. The number of hydrogen-bond donors (Lipinski definition) is 1. The van der Waals surface area contributed by atoms with Crippen LogP contribution in [0.3, 0.4) is 0 Å². The lowest BCUT2D eigenvalue weighted by Gasteiger charge is -2.57. The van der Waals surface area contributed by atoms with Crippen molar-refractivity contribution >= 4 is 21.8 Å². The summed E-state index contributed by atoms with van der Waals surface area (Å²) in [5, 5.41) is 5.15. The van der Waals surface area contributed by atoms with E-state index in [2.05, 4.69) is 13.8 Å². The summed E-state index contributed by atoms with van der Waals surface area (Å²) in [6, 6.07) is 6.36. The Labute approximate surface area is 208 Å². The summed E-state index contributed by atoms with van der Waals surface area (Å²) in [5.74, 6) is 1.96. The molecule has 1 aromatic carbocycles. The summed E-state index contributed by atoms with van der Waals surface area (Å²) in [6.07, 6.45) is 10.8. The zero-order chi connectivity index (χ0) is 25.0. The van der Waals surface area contributed by atoms with Gasteiger partial charge in [0.05, 0.1) is 4.90 Å². The molecule has 6 nitrogen and oxygen atoms in total. The number of sulfonamides is 1. The van der Waals surface area contributed by atoms with E-state index in [0.29, 0.717) is 36.4 Å². The van der Waals surface area contributed by atoms with Crippen LogP contribution in [0.4, 0.5) is 0 Å². The monoisotopic (exact) mass is 499 g/mol. The minimum absolute atomic E-state index is 0.0238. The predicted molar refractivity (Wildman–Crippen MR) is 133 cm³/mol. The van der Waals surface area contributed by atoms with Crippen LogP contribution in [-0.4, -0.2) is 26.3 Å². The molecule has 7 heteroatoms. The number of rotatable bonds is 5. The van der Waals surface area contributed by atoms with Gasteiger partial charge < -0.3 is 4.74 Å². The topological polar surface area (TPSA) is 104 Å². The molecule has 3 unspecified atom stereocenters. The van der Waals surface area contributed by atoms with E-state index in [1.807, 2.05) is 6.08 Å². The van der Waals surface area contributed by atoms with Crippen LogP contribution in [0.15, 0.2) is 40.8 Å². The molecule has 4 aliphatic carbocycles. The average Bonchev–Trinajstić information content (AvgIpc) is 3.14. The fraction of sp³-hybridized carbons (Fsp3) is 0.643. The first kappa shape index (κ1) is 24.7. The number of allylic oxidation sites excluding steroid dienone is 1. The van der Waals surface area contributed by atoms with E-state index in [1.54, 1.807) is 12.1 Å². The predicted octanol–water partition coefficient (Wildman–Crippen LogP) is 4.71. The van der Waals surface area contributed by atoms with Gasteiger partial charge in [-0.1, -0.05) is 31.6 Å². The van der Waals surface area contributed by atoms with Crippen LogP contribution < -0.4 is 5.14 Å². The first-order valence-corrected chi connectivity index (χ1v) is 14.6. The molecule has 0 heterocycles. The molecule has 190 valence electrons. The van der Waals surface area contributed by atoms with E-state index in [0.717, 1.165) is 50.5 Å². The molecule has 2 N–H and O–H groups in total. The van der Waals surface area contributed by atoms with Gasteiger partial charge in [-0.25, -0.2) is 13.6 Å². The molecular weight excluding hydrogens is 462 g/mol. The van der Waals surface area contributed by atoms with Crippen molar-refractivity contribution < 1.29 is 22.7 Å². The van der Waals surface area contributed by atoms with Crippen LogP contribution in [0.25, 0.3) is 0 Å². The Hall–Kier alpha value is -1.99. The molecule has 6 atom stereocenters. The van der Waals surface area contributed by atoms with Crippen molar-refractivity contribution in [3.63, 3.8) is 0 Å². The van der Waals surface area contributed by atoms with Gasteiger partial charge in [-0.3, -0.25) is 9.59 Å². The van der Waals surface area contributed by atoms with Gasteiger partial charge in [-0.2, -0.15) is 0 Å². The highest BCUT2D eigenvalue weighted by Gasteiger charge is 2.59. The van der Waals surface area contributed by atoms with Gasteiger partial charge in [0.2, 0.25) is 10.0 Å². The van der Waals surface area contributed by atoms with E-state index in [-0.39, 0.29) is 34.2 Å². The Morgan fingerprint density at radius 2 is 1.77 bits per heavy atom. The van der Waals surface area contributed by atoms with Crippen molar-refractivity contribution in [3.8, 4) is 0 Å². The first-order chi connectivity index (χ1) is 16.5. The molecule has 0 bridgehead atoms. The number of primary sulfonamides is 1. The zero-order valence-corrected chi connectivity index (χ0v) is 21.6. The normalized spacial score (nSPS) is 36.5. The van der Waals surface area contributed by atoms with Crippen molar-refractivity contribution in [2.45, 2.75) is 89.1 Å². The second-order valence-corrected chi connectivity index (χ2v) is 13.3. The minimum atomic E-state index is -3.72. The third-order valence-electron chi connectivity index (χ3n) is 10.0. The number of carbonyl (C=O) groups is 2. The second kappa shape index (κ2) is 8.84. The number of fused-ring (bicyclic) bond motifs is 5. The fourth-order valence-corrected chi connectivity index (χ4v) is 8.53. The molecule has 4 aliphatic rings. The number of nitrogens with two attached hydrogens (primary N) is 1. The maximum absolute atomic E-state index is 12.8. The quantitative estimate of drug-likeness (QED) is 0.591. The highest BCUT2D eigenvalue weighted by molar-refractivity contribution is 7.89. The summed E-state index contributed by atoms with van der Waals surface area (Å²) in [7, 11) is -3.72. The molecule has 35 heavy (non-hydrogen) atoms. The highest BCUT2D eigenvalue weighted by atomic mass is 32.2. The van der Waals surface area contributed by atoms with Crippen molar-refractivity contribution in [1.29, 1.82) is 0 Å². The number of esters is 1. The molecule has 0 radical (unpaired) electrons. The number of carbonyl (C=O) groups excluding carboxylic acids is 2. The lowest BCUT2D eigenvalue weighted by atomic mass is 9.47. The Balaban J connectivity index is 1.22. The molecule has 0 amide bonds. The van der Waals surface area contributed by atoms with Crippen LogP contribution in [0.5, 0.6) is 0 Å². The second-order valence-electron chi connectivity index (χ2n) is 11.8. The van der Waals surface area contributed by atoms with Gasteiger partial charge in [0.1, 0.15) is 6.10 Å². The SMILES string of the molecule is C[C@]12CCC(=O)C=C1CCC1C2CC[C@@]2(C)C1CC[C@@H]2OC(=O)CCc1ccc(S(N)(=O)=O)cc1.